The lowest BCUT2D eigenvalue weighted by molar-refractivity contribution is 0.174. The van der Waals surface area contributed by atoms with E-state index in [2.05, 4.69) is 20.3 Å². The van der Waals surface area contributed by atoms with Gasteiger partial charge in [-0.15, -0.1) is 0 Å². The van der Waals surface area contributed by atoms with Crippen molar-refractivity contribution in [2.75, 3.05) is 12.1 Å². The van der Waals surface area contributed by atoms with E-state index in [0.29, 0.717) is 23.2 Å². The molecule has 1 aliphatic rings. The average molecular weight is 346 g/mol. The molecular weight excluding hydrogens is 332 g/mol. The average Bonchev–Trinajstić information content (AvgIpc) is 3.30. The van der Waals surface area contributed by atoms with Crippen LogP contribution in [0.15, 0.2) is 61.1 Å². The molecule has 26 heavy (non-hydrogen) atoms. The molecule has 7 nitrogen and oxygen atoms in total. The number of benzene rings is 2. The first-order chi connectivity index (χ1) is 12.8. The summed E-state index contributed by atoms with van der Waals surface area (Å²) in [6.45, 7) is 0.246. The van der Waals surface area contributed by atoms with Gasteiger partial charge in [-0.2, -0.15) is 0 Å². The fraction of sp³-hybridized carbons (Fsp3) is 0.0526. The third kappa shape index (κ3) is 2.75. The minimum Gasteiger partial charge on any atom is -0.454 e. The Labute approximate surface area is 148 Å². The highest BCUT2D eigenvalue weighted by Gasteiger charge is 2.13. The number of aromatic amines is 1. The van der Waals surface area contributed by atoms with Crippen molar-refractivity contribution in [1.29, 1.82) is 0 Å². The molecule has 1 aliphatic heterocycles. The monoisotopic (exact) mass is 346 g/mol. The van der Waals surface area contributed by atoms with Gasteiger partial charge in [0, 0.05) is 34.9 Å². The van der Waals surface area contributed by atoms with Crippen LogP contribution in [0.4, 0.5) is 11.5 Å². The molecule has 0 unspecified atom stereocenters. The molecule has 0 aliphatic carbocycles. The second-order valence-corrected chi connectivity index (χ2v) is 5.76. The van der Waals surface area contributed by atoms with Crippen molar-refractivity contribution in [1.82, 2.24) is 15.0 Å². The van der Waals surface area contributed by atoms with E-state index in [-0.39, 0.29) is 6.79 Å². The number of anilines is 2. The van der Waals surface area contributed by atoms with Gasteiger partial charge in [-0.1, -0.05) is 0 Å². The van der Waals surface area contributed by atoms with E-state index in [4.69, 9.17) is 14.2 Å². The summed E-state index contributed by atoms with van der Waals surface area (Å²) in [5.41, 5.74) is 1.90. The van der Waals surface area contributed by atoms with Crippen LogP contribution >= 0.6 is 0 Å². The summed E-state index contributed by atoms with van der Waals surface area (Å²) >= 11 is 0. The van der Waals surface area contributed by atoms with Crippen LogP contribution in [0.1, 0.15) is 0 Å². The summed E-state index contributed by atoms with van der Waals surface area (Å²) in [7, 11) is 0. The van der Waals surface area contributed by atoms with Crippen LogP contribution in [0, 0.1) is 0 Å². The molecule has 5 rings (SSSR count). The second kappa shape index (κ2) is 5.96. The van der Waals surface area contributed by atoms with Crippen LogP contribution in [-0.2, 0) is 0 Å². The van der Waals surface area contributed by atoms with E-state index in [9.17, 15) is 0 Å². The fourth-order valence-electron chi connectivity index (χ4n) is 2.80. The molecule has 0 atom stereocenters. The van der Waals surface area contributed by atoms with Crippen molar-refractivity contribution < 1.29 is 14.2 Å². The minimum atomic E-state index is 0.246. The summed E-state index contributed by atoms with van der Waals surface area (Å²) in [4.78, 5) is 11.6. The predicted octanol–water partition coefficient (Wildman–Crippen LogP) is 4.22. The number of hydrogen-bond acceptors (Lipinski definition) is 6. The third-order valence-corrected chi connectivity index (χ3v) is 4.03. The molecule has 2 N–H and O–H groups in total. The molecule has 2 aromatic heterocycles. The molecule has 0 saturated heterocycles. The Hall–Kier alpha value is -3.74. The standard InChI is InChI=1S/C19H14N4O3/c1-4-16-17(25-11-24-16)8-13(1)23-18-9-19(22-10-21-18)26-14-2-3-15-12(7-14)5-6-20-15/h1-10,20H,11H2,(H,21,22,23). The van der Waals surface area contributed by atoms with Gasteiger partial charge in [0.15, 0.2) is 11.5 Å². The van der Waals surface area contributed by atoms with Crippen LogP contribution in [0.3, 0.4) is 0 Å². The van der Waals surface area contributed by atoms with E-state index >= 15 is 0 Å². The molecule has 0 amide bonds. The zero-order chi connectivity index (χ0) is 17.3. The SMILES string of the molecule is c1nc(Nc2ccc3c(c2)OCO3)cc(Oc2ccc3[nH]ccc3c2)n1. The van der Waals surface area contributed by atoms with Crippen molar-refractivity contribution in [3.05, 3.63) is 61.1 Å². The lowest BCUT2D eigenvalue weighted by Gasteiger charge is -2.09. The lowest BCUT2D eigenvalue weighted by Crippen LogP contribution is -1.96. The summed E-state index contributed by atoms with van der Waals surface area (Å²) < 4.78 is 16.6. The minimum absolute atomic E-state index is 0.246. The highest BCUT2D eigenvalue weighted by atomic mass is 16.7. The number of rotatable bonds is 4. The number of fused-ring (bicyclic) bond motifs is 2. The van der Waals surface area contributed by atoms with E-state index in [1.807, 2.05) is 48.7 Å². The van der Waals surface area contributed by atoms with Gasteiger partial charge < -0.3 is 24.5 Å². The van der Waals surface area contributed by atoms with E-state index in [0.717, 1.165) is 22.3 Å². The lowest BCUT2D eigenvalue weighted by atomic mass is 10.2. The molecule has 4 aromatic rings. The Morgan fingerprint density at radius 2 is 1.92 bits per heavy atom. The number of ether oxygens (including phenoxy) is 3. The topological polar surface area (TPSA) is 81.3 Å². The van der Waals surface area contributed by atoms with Crippen LogP contribution < -0.4 is 19.5 Å². The molecule has 0 spiro atoms. The number of H-pyrrole nitrogens is 1. The summed E-state index contributed by atoms with van der Waals surface area (Å²) in [5.74, 6) is 3.24. The number of nitrogens with zero attached hydrogens (tertiary/aromatic N) is 2. The Balaban J connectivity index is 1.36. The summed E-state index contributed by atoms with van der Waals surface area (Å²) in [5, 5.41) is 4.29. The van der Waals surface area contributed by atoms with Crippen molar-refractivity contribution in [3.8, 4) is 23.1 Å². The van der Waals surface area contributed by atoms with Gasteiger partial charge in [0.1, 0.15) is 17.9 Å². The molecule has 0 radical (unpaired) electrons. The number of hydrogen-bond donors (Lipinski definition) is 2. The Morgan fingerprint density at radius 3 is 2.92 bits per heavy atom. The molecule has 3 heterocycles. The van der Waals surface area contributed by atoms with E-state index in [1.54, 1.807) is 6.07 Å². The highest BCUT2D eigenvalue weighted by molar-refractivity contribution is 5.80. The Kier molecular flexibility index (Phi) is 3.35. The summed E-state index contributed by atoms with van der Waals surface area (Å²) in [6.07, 6.45) is 3.35. The smallest absolute Gasteiger partial charge is 0.231 e. The van der Waals surface area contributed by atoms with Crippen LogP contribution in [0.5, 0.6) is 23.1 Å². The maximum absolute atomic E-state index is 5.86. The fourth-order valence-corrected chi connectivity index (χ4v) is 2.80. The van der Waals surface area contributed by atoms with Crippen molar-refractivity contribution in [2.24, 2.45) is 0 Å². The maximum atomic E-state index is 5.86. The molecule has 0 saturated carbocycles. The van der Waals surface area contributed by atoms with Crippen molar-refractivity contribution >= 4 is 22.4 Å². The number of nitrogens with one attached hydrogen (secondary N) is 2. The van der Waals surface area contributed by atoms with Gasteiger partial charge in [0.2, 0.25) is 12.7 Å². The maximum Gasteiger partial charge on any atom is 0.231 e. The van der Waals surface area contributed by atoms with Gasteiger partial charge >= 0.3 is 0 Å². The van der Waals surface area contributed by atoms with Crippen molar-refractivity contribution in [3.63, 3.8) is 0 Å². The molecule has 2 aromatic carbocycles. The second-order valence-electron chi connectivity index (χ2n) is 5.76. The number of aromatic nitrogens is 3. The third-order valence-electron chi connectivity index (χ3n) is 4.03. The predicted molar refractivity (Wildman–Crippen MR) is 96.3 cm³/mol. The van der Waals surface area contributed by atoms with Crippen LogP contribution in [0.25, 0.3) is 10.9 Å². The largest absolute Gasteiger partial charge is 0.454 e. The van der Waals surface area contributed by atoms with Gasteiger partial charge in [-0.25, -0.2) is 9.97 Å². The van der Waals surface area contributed by atoms with Gasteiger partial charge in [-0.3, -0.25) is 0 Å². The Morgan fingerprint density at radius 1 is 0.962 bits per heavy atom. The van der Waals surface area contributed by atoms with E-state index < -0.39 is 0 Å². The van der Waals surface area contributed by atoms with Gasteiger partial charge in [0.25, 0.3) is 0 Å². The van der Waals surface area contributed by atoms with Crippen molar-refractivity contribution in [2.45, 2.75) is 0 Å². The van der Waals surface area contributed by atoms with E-state index in [1.165, 1.54) is 6.33 Å². The van der Waals surface area contributed by atoms with Gasteiger partial charge in [0.05, 0.1) is 0 Å². The first kappa shape index (κ1) is 14.6. The molecule has 0 fully saturated rings. The van der Waals surface area contributed by atoms with Crippen LogP contribution in [0.2, 0.25) is 0 Å². The molecule has 128 valence electrons. The molecule has 7 heteroatoms. The Bertz CT molecular complexity index is 1090. The molecular formula is C19H14N4O3. The summed E-state index contributed by atoms with van der Waals surface area (Å²) in [6, 6.07) is 15.2. The zero-order valence-electron chi connectivity index (χ0n) is 13.6. The van der Waals surface area contributed by atoms with Crippen LogP contribution in [-0.4, -0.2) is 21.7 Å². The van der Waals surface area contributed by atoms with Gasteiger partial charge in [-0.05, 0) is 36.4 Å². The first-order valence-electron chi connectivity index (χ1n) is 8.07. The molecule has 0 bridgehead atoms. The first-order valence-corrected chi connectivity index (χ1v) is 8.07. The zero-order valence-corrected chi connectivity index (χ0v) is 13.6. The normalized spacial score (nSPS) is 12.3. The quantitative estimate of drug-likeness (QED) is 0.576. The highest BCUT2D eigenvalue weighted by Crippen LogP contribution is 2.35.